The van der Waals surface area contributed by atoms with Crippen LogP contribution in [0.15, 0.2) is 6.20 Å². The van der Waals surface area contributed by atoms with Gasteiger partial charge in [0.05, 0.1) is 30.1 Å². The molecule has 1 heterocycles. The number of methoxy groups -OCH3 is 1. The first-order chi connectivity index (χ1) is 6.99. The topological polar surface area (TPSA) is 65.2 Å². The van der Waals surface area contributed by atoms with Gasteiger partial charge in [-0.3, -0.25) is 0 Å². The van der Waals surface area contributed by atoms with E-state index in [0.29, 0.717) is 0 Å². The van der Waals surface area contributed by atoms with E-state index in [0.717, 1.165) is 13.3 Å². The second-order valence-electron chi connectivity index (χ2n) is 2.59. The molecule has 0 aliphatic rings. The van der Waals surface area contributed by atoms with Crippen molar-refractivity contribution in [3.8, 4) is 0 Å². The number of nitrogens with zero attached hydrogens (tertiary/aromatic N) is 1. The molecule has 0 saturated carbocycles. The Hall–Kier alpha value is -0.990. The Morgan fingerprint density at radius 2 is 2.27 bits per heavy atom. The summed E-state index contributed by atoms with van der Waals surface area (Å²) >= 11 is 1.61. The smallest absolute Gasteiger partial charge is 0.340 e. The van der Waals surface area contributed by atoms with Crippen LogP contribution in [0.3, 0.4) is 0 Å². The second kappa shape index (κ2) is 4.69. The summed E-state index contributed by atoms with van der Waals surface area (Å²) in [6.45, 7) is 0. The van der Waals surface area contributed by atoms with Crippen LogP contribution >= 0.6 is 22.6 Å². The molecule has 0 atom stereocenters. The molecule has 0 unspecified atom stereocenters. The lowest BCUT2D eigenvalue weighted by Gasteiger charge is -2.10. The zero-order chi connectivity index (χ0) is 11.6. The Bertz CT molecular complexity index is 398. The van der Waals surface area contributed by atoms with Gasteiger partial charge in [-0.2, -0.15) is 0 Å². The molecule has 0 saturated heterocycles. The van der Waals surface area contributed by atoms with Crippen LogP contribution in [-0.4, -0.2) is 18.1 Å². The third-order valence-electron chi connectivity index (χ3n) is 1.70. The number of pyridine rings is 1. The number of halogens is 3. The molecule has 15 heavy (non-hydrogen) atoms. The molecule has 0 fully saturated rings. The number of hydrogen-bond donors (Lipinski definition) is 1. The lowest BCUT2D eigenvalue weighted by molar-refractivity contribution is 0.0590. The Kier molecular flexibility index (Phi) is 3.77. The highest BCUT2D eigenvalue weighted by molar-refractivity contribution is 14.1. The molecule has 0 aliphatic heterocycles. The normalized spacial score (nSPS) is 10.5. The van der Waals surface area contributed by atoms with Crippen molar-refractivity contribution >= 4 is 34.2 Å². The number of esters is 1. The summed E-state index contributed by atoms with van der Waals surface area (Å²) in [7, 11) is 1.10. The molecule has 1 aromatic rings. The summed E-state index contributed by atoms with van der Waals surface area (Å²) in [5.41, 5.74) is 4.49. The largest absolute Gasteiger partial charge is 0.465 e. The zero-order valence-electron chi connectivity index (χ0n) is 7.63. The molecule has 1 aromatic heterocycles. The van der Waals surface area contributed by atoms with E-state index >= 15 is 0 Å². The number of carbonyl (C=O) groups excluding carboxylic acids is 1. The summed E-state index contributed by atoms with van der Waals surface area (Å²) in [5.74, 6) is -0.886. The highest BCUT2D eigenvalue weighted by Crippen LogP contribution is 2.30. The molecular formula is C8H7F2IN2O2. The predicted molar refractivity (Wildman–Crippen MR) is 57.7 cm³/mol. The van der Waals surface area contributed by atoms with E-state index in [1.807, 2.05) is 0 Å². The number of hydrogen-bond acceptors (Lipinski definition) is 4. The van der Waals surface area contributed by atoms with E-state index in [2.05, 4.69) is 9.72 Å². The minimum Gasteiger partial charge on any atom is -0.465 e. The number of alkyl halides is 2. The third-order valence-corrected chi connectivity index (χ3v) is 2.56. The van der Waals surface area contributed by atoms with Crippen LogP contribution in [-0.2, 0) is 4.74 Å². The second-order valence-corrected chi connectivity index (χ2v) is 3.61. The van der Waals surface area contributed by atoms with Crippen LogP contribution in [0.25, 0.3) is 0 Å². The van der Waals surface area contributed by atoms with Crippen molar-refractivity contribution in [2.45, 2.75) is 6.43 Å². The van der Waals surface area contributed by atoms with Crippen molar-refractivity contribution in [1.82, 2.24) is 4.98 Å². The van der Waals surface area contributed by atoms with E-state index < -0.39 is 18.0 Å². The minimum atomic E-state index is -2.82. The van der Waals surface area contributed by atoms with Crippen LogP contribution < -0.4 is 5.73 Å². The number of ether oxygens (including phenoxy) is 1. The average molecular weight is 328 g/mol. The van der Waals surface area contributed by atoms with E-state index in [9.17, 15) is 13.6 Å². The van der Waals surface area contributed by atoms with Crippen molar-refractivity contribution in [1.29, 1.82) is 0 Å². The molecule has 0 amide bonds. The number of rotatable bonds is 2. The van der Waals surface area contributed by atoms with Gasteiger partial charge in [0.25, 0.3) is 6.43 Å². The van der Waals surface area contributed by atoms with Crippen LogP contribution in [0.1, 0.15) is 22.3 Å². The van der Waals surface area contributed by atoms with Gasteiger partial charge in [0.1, 0.15) is 3.70 Å². The van der Waals surface area contributed by atoms with Crippen molar-refractivity contribution in [3.63, 3.8) is 0 Å². The summed E-state index contributed by atoms with van der Waals surface area (Å²) in [6, 6.07) is 0. The number of aromatic nitrogens is 1. The van der Waals surface area contributed by atoms with Gasteiger partial charge in [-0.25, -0.2) is 18.6 Å². The number of anilines is 1. The van der Waals surface area contributed by atoms with E-state index in [4.69, 9.17) is 5.73 Å². The van der Waals surface area contributed by atoms with Gasteiger partial charge < -0.3 is 10.5 Å². The lowest BCUT2D eigenvalue weighted by atomic mass is 10.1. The summed E-state index contributed by atoms with van der Waals surface area (Å²) in [4.78, 5) is 14.9. The molecule has 0 bridgehead atoms. The first-order valence-electron chi connectivity index (χ1n) is 3.79. The summed E-state index contributed by atoms with van der Waals surface area (Å²) in [6.07, 6.45) is -1.66. The van der Waals surface area contributed by atoms with Gasteiger partial charge in [-0.05, 0) is 22.6 Å². The average Bonchev–Trinajstić information content (AvgIpc) is 2.19. The van der Waals surface area contributed by atoms with Crippen LogP contribution in [0.4, 0.5) is 14.5 Å². The van der Waals surface area contributed by atoms with Crippen molar-refractivity contribution < 1.29 is 18.3 Å². The lowest BCUT2D eigenvalue weighted by Crippen LogP contribution is -2.12. The molecular weight excluding hydrogens is 321 g/mol. The molecule has 0 spiro atoms. The third kappa shape index (κ3) is 2.33. The Morgan fingerprint density at radius 3 is 2.73 bits per heavy atom. The fourth-order valence-electron chi connectivity index (χ4n) is 1.05. The fourth-order valence-corrected chi connectivity index (χ4v) is 1.69. The van der Waals surface area contributed by atoms with Crippen molar-refractivity contribution in [2.24, 2.45) is 0 Å². The van der Waals surface area contributed by atoms with Crippen LogP contribution in [0, 0.1) is 3.70 Å². The molecule has 0 aliphatic carbocycles. The molecule has 2 N–H and O–H groups in total. The Balaban J connectivity index is 3.45. The van der Waals surface area contributed by atoms with Gasteiger partial charge in [0, 0.05) is 0 Å². The zero-order valence-corrected chi connectivity index (χ0v) is 9.79. The maximum absolute atomic E-state index is 12.7. The van der Waals surface area contributed by atoms with Crippen LogP contribution in [0.2, 0.25) is 0 Å². The van der Waals surface area contributed by atoms with Crippen LogP contribution in [0.5, 0.6) is 0 Å². The molecule has 0 aromatic carbocycles. The van der Waals surface area contributed by atoms with Gasteiger partial charge >= 0.3 is 5.97 Å². The van der Waals surface area contributed by atoms with E-state index in [-0.39, 0.29) is 15.0 Å². The maximum Gasteiger partial charge on any atom is 0.340 e. The Morgan fingerprint density at radius 1 is 1.67 bits per heavy atom. The molecule has 0 radical (unpaired) electrons. The van der Waals surface area contributed by atoms with Gasteiger partial charge in [0.15, 0.2) is 0 Å². The molecule has 7 heteroatoms. The highest BCUT2D eigenvalue weighted by Gasteiger charge is 2.25. The van der Waals surface area contributed by atoms with E-state index in [1.165, 1.54) is 0 Å². The quantitative estimate of drug-likeness (QED) is 0.512. The first-order valence-corrected chi connectivity index (χ1v) is 4.87. The predicted octanol–water partition coefficient (Wildman–Crippen LogP) is 1.99. The maximum atomic E-state index is 12.7. The SMILES string of the molecule is COC(=O)c1c(N)cnc(I)c1C(F)F. The standard InChI is InChI=1S/C8H7F2IN2O2/c1-15-8(14)4-3(12)2-13-7(11)5(4)6(9)10/h2,6H,12H2,1H3. The highest BCUT2D eigenvalue weighted by atomic mass is 127. The molecule has 4 nitrogen and oxygen atoms in total. The fraction of sp³-hybridized carbons (Fsp3) is 0.250. The Labute approximate surface area is 98.0 Å². The van der Waals surface area contributed by atoms with Gasteiger partial charge in [0.2, 0.25) is 0 Å². The monoisotopic (exact) mass is 328 g/mol. The van der Waals surface area contributed by atoms with Gasteiger partial charge in [-0.15, -0.1) is 0 Å². The number of carbonyl (C=O) groups is 1. The van der Waals surface area contributed by atoms with Crippen molar-refractivity contribution in [2.75, 3.05) is 12.8 Å². The van der Waals surface area contributed by atoms with E-state index in [1.54, 1.807) is 22.6 Å². The first kappa shape index (κ1) is 12.1. The number of nitrogen functional groups attached to an aromatic ring is 1. The molecule has 1 rings (SSSR count). The van der Waals surface area contributed by atoms with Gasteiger partial charge in [-0.1, -0.05) is 0 Å². The number of nitrogens with two attached hydrogens (primary N) is 1. The molecule has 82 valence electrons. The summed E-state index contributed by atoms with van der Waals surface area (Å²) in [5, 5.41) is 0. The minimum absolute atomic E-state index is 0.0391. The summed E-state index contributed by atoms with van der Waals surface area (Å²) < 4.78 is 29.7. The van der Waals surface area contributed by atoms with Crippen molar-refractivity contribution in [3.05, 3.63) is 21.0 Å².